The Bertz CT molecular complexity index is 496. The number of likely N-dealkylation sites (tertiary alicyclic amines) is 1. The summed E-state index contributed by atoms with van der Waals surface area (Å²) in [5.41, 5.74) is -0.467. The molecule has 1 amide bonds. The van der Waals surface area contributed by atoms with E-state index in [9.17, 15) is 4.79 Å². The van der Waals surface area contributed by atoms with Crippen LogP contribution >= 0.6 is 15.9 Å². The Morgan fingerprint density at radius 2 is 1.95 bits per heavy atom. The van der Waals surface area contributed by atoms with Crippen molar-refractivity contribution >= 4 is 22.0 Å². The monoisotopic (exact) mass is 369 g/mol. The highest BCUT2D eigenvalue weighted by atomic mass is 79.9. The minimum atomic E-state index is -0.467. The molecule has 1 fully saturated rings. The third-order valence-corrected chi connectivity index (χ3v) is 4.04. The molecule has 122 valence electrons. The van der Waals surface area contributed by atoms with Crippen LogP contribution in [-0.2, 0) is 4.74 Å². The maximum absolute atomic E-state index is 12.3. The molecular formula is C17H24BrNO3. The van der Waals surface area contributed by atoms with Crippen LogP contribution < -0.4 is 4.74 Å². The molecule has 1 aromatic rings. The Labute approximate surface area is 140 Å². The molecule has 1 aromatic carbocycles. The summed E-state index contributed by atoms with van der Waals surface area (Å²) in [4.78, 5) is 14.1. The van der Waals surface area contributed by atoms with E-state index in [1.54, 1.807) is 0 Å². The standard InChI is InChI=1S/C17H24BrNO3/c1-17(2,3)22-16(20)19-11-5-4-6-14(19)12-21-15-9-7-13(18)8-10-15/h7-10,14H,4-6,11-12H2,1-3H3. The molecule has 1 atom stereocenters. The van der Waals surface area contributed by atoms with E-state index in [0.29, 0.717) is 6.61 Å². The van der Waals surface area contributed by atoms with E-state index in [0.717, 1.165) is 36.0 Å². The van der Waals surface area contributed by atoms with Crippen LogP contribution in [0.5, 0.6) is 5.75 Å². The first-order valence-electron chi connectivity index (χ1n) is 7.73. The highest BCUT2D eigenvalue weighted by molar-refractivity contribution is 9.10. The van der Waals surface area contributed by atoms with Crippen molar-refractivity contribution in [3.05, 3.63) is 28.7 Å². The van der Waals surface area contributed by atoms with Gasteiger partial charge in [0.2, 0.25) is 0 Å². The lowest BCUT2D eigenvalue weighted by Crippen LogP contribution is -2.48. The van der Waals surface area contributed by atoms with E-state index in [1.165, 1.54) is 0 Å². The lowest BCUT2D eigenvalue weighted by atomic mass is 10.0. The summed E-state index contributed by atoms with van der Waals surface area (Å²) in [6, 6.07) is 7.81. The number of carbonyl (C=O) groups is 1. The minimum absolute atomic E-state index is 0.0762. The number of carbonyl (C=O) groups excluding carboxylic acids is 1. The molecule has 2 rings (SSSR count). The Morgan fingerprint density at radius 1 is 1.27 bits per heavy atom. The van der Waals surface area contributed by atoms with Crippen molar-refractivity contribution in [2.45, 2.75) is 51.7 Å². The van der Waals surface area contributed by atoms with Crippen LogP contribution in [0.15, 0.2) is 28.7 Å². The molecule has 0 N–H and O–H groups in total. The number of piperidine rings is 1. The van der Waals surface area contributed by atoms with Gasteiger partial charge in [-0.3, -0.25) is 0 Å². The molecule has 0 aliphatic carbocycles. The number of nitrogens with zero attached hydrogens (tertiary/aromatic N) is 1. The fourth-order valence-corrected chi connectivity index (χ4v) is 2.72. The average Bonchev–Trinajstić information content (AvgIpc) is 2.45. The summed E-state index contributed by atoms with van der Waals surface area (Å²) in [7, 11) is 0. The Balaban J connectivity index is 1.94. The zero-order chi connectivity index (χ0) is 16.2. The van der Waals surface area contributed by atoms with Crippen LogP contribution in [0.25, 0.3) is 0 Å². The van der Waals surface area contributed by atoms with Crippen LogP contribution in [0.2, 0.25) is 0 Å². The first-order valence-corrected chi connectivity index (χ1v) is 8.52. The minimum Gasteiger partial charge on any atom is -0.491 e. The number of ether oxygens (including phenoxy) is 2. The van der Waals surface area contributed by atoms with Crippen molar-refractivity contribution < 1.29 is 14.3 Å². The summed E-state index contributed by atoms with van der Waals surface area (Å²) in [5, 5.41) is 0. The van der Waals surface area contributed by atoms with Crippen LogP contribution in [0, 0.1) is 0 Å². The highest BCUT2D eigenvalue weighted by Gasteiger charge is 2.30. The van der Waals surface area contributed by atoms with Gasteiger partial charge in [-0.1, -0.05) is 15.9 Å². The summed E-state index contributed by atoms with van der Waals surface area (Å²) < 4.78 is 12.4. The maximum Gasteiger partial charge on any atom is 0.410 e. The third-order valence-electron chi connectivity index (χ3n) is 3.51. The second-order valence-electron chi connectivity index (χ2n) is 6.59. The quantitative estimate of drug-likeness (QED) is 0.780. The van der Waals surface area contributed by atoms with Crippen molar-refractivity contribution in [3.8, 4) is 5.75 Å². The van der Waals surface area contributed by atoms with Gasteiger partial charge in [-0.2, -0.15) is 0 Å². The maximum atomic E-state index is 12.3. The zero-order valence-corrected chi connectivity index (χ0v) is 15.1. The SMILES string of the molecule is CC(C)(C)OC(=O)N1CCCCC1COc1ccc(Br)cc1. The summed E-state index contributed by atoms with van der Waals surface area (Å²) in [5.74, 6) is 0.818. The molecule has 0 saturated carbocycles. The average molecular weight is 370 g/mol. The normalized spacial score (nSPS) is 18.9. The number of rotatable bonds is 3. The molecule has 0 bridgehead atoms. The predicted octanol–water partition coefficient (Wildman–Crippen LogP) is 4.62. The smallest absolute Gasteiger partial charge is 0.410 e. The van der Waals surface area contributed by atoms with Crippen LogP contribution in [0.3, 0.4) is 0 Å². The molecule has 4 nitrogen and oxygen atoms in total. The van der Waals surface area contributed by atoms with Gasteiger partial charge in [0.25, 0.3) is 0 Å². The Kier molecular flexibility index (Phi) is 5.73. The van der Waals surface area contributed by atoms with Gasteiger partial charge in [0, 0.05) is 11.0 Å². The number of hydrogen-bond donors (Lipinski definition) is 0. The zero-order valence-electron chi connectivity index (χ0n) is 13.5. The third kappa shape index (κ3) is 5.20. The van der Waals surface area contributed by atoms with Gasteiger partial charge in [-0.15, -0.1) is 0 Å². The fourth-order valence-electron chi connectivity index (χ4n) is 2.46. The van der Waals surface area contributed by atoms with E-state index in [2.05, 4.69) is 15.9 Å². The lowest BCUT2D eigenvalue weighted by Gasteiger charge is -2.36. The molecule has 1 unspecified atom stereocenters. The van der Waals surface area contributed by atoms with Gasteiger partial charge in [-0.25, -0.2) is 4.79 Å². The Hall–Kier alpha value is -1.23. The molecule has 22 heavy (non-hydrogen) atoms. The number of hydrogen-bond acceptors (Lipinski definition) is 3. The largest absolute Gasteiger partial charge is 0.491 e. The van der Waals surface area contributed by atoms with Gasteiger partial charge >= 0.3 is 6.09 Å². The molecular weight excluding hydrogens is 346 g/mol. The van der Waals surface area contributed by atoms with Gasteiger partial charge in [0.15, 0.2) is 0 Å². The van der Waals surface area contributed by atoms with Crippen LogP contribution in [0.4, 0.5) is 4.79 Å². The van der Waals surface area contributed by atoms with E-state index >= 15 is 0 Å². The predicted molar refractivity (Wildman–Crippen MR) is 90.2 cm³/mol. The van der Waals surface area contributed by atoms with Crippen molar-refractivity contribution in [2.75, 3.05) is 13.2 Å². The van der Waals surface area contributed by atoms with Gasteiger partial charge in [0.1, 0.15) is 18.0 Å². The highest BCUT2D eigenvalue weighted by Crippen LogP contribution is 2.22. The van der Waals surface area contributed by atoms with Crippen molar-refractivity contribution in [1.29, 1.82) is 0 Å². The molecule has 1 aliphatic rings. The van der Waals surface area contributed by atoms with Gasteiger partial charge in [0.05, 0.1) is 6.04 Å². The van der Waals surface area contributed by atoms with E-state index in [1.807, 2.05) is 49.9 Å². The van der Waals surface area contributed by atoms with E-state index in [-0.39, 0.29) is 12.1 Å². The first kappa shape index (κ1) is 17.1. The Morgan fingerprint density at radius 3 is 2.59 bits per heavy atom. The van der Waals surface area contributed by atoms with Crippen molar-refractivity contribution in [1.82, 2.24) is 4.90 Å². The van der Waals surface area contributed by atoms with Gasteiger partial charge < -0.3 is 14.4 Å². The van der Waals surface area contributed by atoms with Crippen molar-refractivity contribution in [2.24, 2.45) is 0 Å². The van der Waals surface area contributed by atoms with E-state index < -0.39 is 5.60 Å². The number of benzene rings is 1. The molecule has 1 heterocycles. The van der Waals surface area contributed by atoms with E-state index in [4.69, 9.17) is 9.47 Å². The van der Waals surface area contributed by atoms with Crippen LogP contribution in [0.1, 0.15) is 40.0 Å². The summed E-state index contributed by atoms with van der Waals surface area (Å²) >= 11 is 3.40. The topological polar surface area (TPSA) is 38.8 Å². The molecule has 0 radical (unpaired) electrons. The summed E-state index contributed by atoms with van der Waals surface area (Å²) in [6.45, 7) is 6.91. The number of halogens is 1. The number of amides is 1. The second kappa shape index (κ2) is 7.36. The van der Waals surface area contributed by atoms with Gasteiger partial charge in [-0.05, 0) is 64.3 Å². The lowest BCUT2D eigenvalue weighted by molar-refractivity contribution is 0.00361. The summed E-state index contributed by atoms with van der Waals surface area (Å²) in [6.07, 6.45) is 2.86. The van der Waals surface area contributed by atoms with Crippen LogP contribution in [-0.4, -0.2) is 35.8 Å². The van der Waals surface area contributed by atoms with Crippen molar-refractivity contribution in [3.63, 3.8) is 0 Å². The first-order chi connectivity index (χ1) is 10.3. The second-order valence-corrected chi connectivity index (χ2v) is 7.50. The molecule has 0 spiro atoms. The molecule has 0 aromatic heterocycles. The molecule has 1 aliphatic heterocycles. The fraction of sp³-hybridized carbons (Fsp3) is 0.588. The molecule has 1 saturated heterocycles. The molecule has 5 heteroatoms.